The van der Waals surface area contributed by atoms with E-state index in [-0.39, 0.29) is 24.4 Å². The van der Waals surface area contributed by atoms with E-state index in [9.17, 15) is 15.0 Å². The van der Waals surface area contributed by atoms with Gasteiger partial charge in [0.1, 0.15) is 0 Å². The van der Waals surface area contributed by atoms with Gasteiger partial charge >= 0.3 is 5.97 Å². The maximum atomic E-state index is 10.4. The Morgan fingerprint density at radius 2 is 2.14 bits per heavy atom. The summed E-state index contributed by atoms with van der Waals surface area (Å²) in [7, 11) is 0. The number of hydrogen-bond donors (Lipinski definition) is 3. The SMILES string of the molecule is CCCC(O)/C=C/C1CCC(O)C1CC#CCCCC(=O)O. The summed E-state index contributed by atoms with van der Waals surface area (Å²) in [6.07, 6.45) is 8.53. The minimum absolute atomic E-state index is 0.122. The Morgan fingerprint density at radius 3 is 2.82 bits per heavy atom. The van der Waals surface area contributed by atoms with E-state index in [0.29, 0.717) is 19.3 Å². The van der Waals surface area contributed by atoms with Gasteiger partial charge in [0, 0.05) is 25.2 Å². The van der Waals surface area contributed by atoms with Gasteiger partial charge in [-0.2, -0.15) is 0 Å². The highest BCUT2D eigenvalue weighted by Crippen LogP contribution is 2.35. The summed E-state index contributed by atoms with van der Waals surface area (Å²) in [5, 5.41) is 28.4. The summed E-state index contributed by atoms with van der Waals surface area (Å²) >= 11 is 0. The number of unbranched alkanes of at least 4 members (excludes halogenated alkanes) is 1. The Balaban J connectivity index is 2.41. The van der Waals surface area contributed by atoms with Gasteiger partial charge in [-0.25, -0.2) is 0 Å². The maximum absolute atomic E-state index is 10.4. The molecule has 0 aromatic heterocycles. The molecule has 1 saturated carbocycles. The average Bonchev–Trinajstić information content (AvgIpc) is 2.81. The van der Waals surface area contributed by atoms with E-state index in [1.165, 1.54) is 0 Å². The predicted molar refractivity (Wildman–Crippen MR) is 86.2 cm³/mol. The summed E-state index contributed by atoms with van der Waals surface area (Å²) in [5.41, 5.74) is 0. The van der Waals surface area contributed by atoms with Crippen LogP contribution in [0.25, 0.3) is 0 Å². The van der Waals surface area contributed by atoms with Gasteiger partial charge in [0.2, 0.25) is 0 Å². The maximum Gasteiger partial charge on any atom is 0.303 e. The van der Waals surface area contributed by atoms with Gasteiger partial charge < -0.3 is 15.3 Å². The molecule has 0 bridgehead atoms. The smallest absolute Gasteiger partial charge is 0.303 e. The molecule has 4 atom stereocenters. The quantitative estimate of drug-likeness (QED) is 0.366. The van der Waals surface area contributed by atoms with Gasteiger partial charge in [-0.05, 0) is 31.6 Å². The van der Waals surface area contributed by atoms with Crippen molar-refractivity contribution >= 4 is 5.97 Å². The van der Waals surface area contributed by atoms with E-state index in [2.05, 4.69) is 11.8 Å². The van der Waals surface area contributed by atoms with Crippen LogP contribution in [0.4, 0.5) is 0 Å². The van der Waals surface area contributed by atoms with E-state index in [1.54, 1.807) is 0 Å². The van der Waals surface area contributed by atoms with E-state index in [0.717, 1.165) is 25.7 Å². The molecule has 1 aliphatic carbocycles. The lowest BCUT2D eigenvalue weighted by Crippen LogP contribution is -2.17. The molecule has 0 saturated heterocycles. The molecule has 4 unspecified atom stereocenters. The van der Waals surface area contributed by atoms with Gasteiger partial charge in [-0.3, -0.25) is 4.79 Å². The van der Waals surface area contributed by atoms with Crippen LogP contribution >= 0.6 is 0 Å². The second-order valence-electron chi connectivity index (χ2n) is 6.02. The molecule has 0 aromatic carbocycles. The second-order valence-corrected chi connectivity index (χ2v) is 6.02. The zero-order chi connectivity index (χ0) is 16.4. The van der Waals surface area contributed by atoms with Crippen LogP contribution in [0, 0.1) is 23.7 Å². The lowest BCUT2D eigenvalue weighted by Gasteiger charge is -2.17. The van der Waals surface area contributed by atoms with E-state index in [4.69, 9.17) is 5.11 Å². The van der Waals surface area contributed by atoms with Gasteiger partial charge in [0.25, 0.3) is 0 Å². The summed E-state index contributed by atoms with van der Waals surface area (Å²) < 4.78 is 0. The summed E-state index contributed by atoms with van der Waals surface area (Å²) in [6, 6.07) is 0. The minimum atomic E-state index is -0.788. The van der Waals surface area contributed by atoms with E-state index >= 15 is 0 Å². The van der Waals surface area contributed by atoms with Crippen molar-refractivity contribution < 1.29 is 20.1 Å². The standard InChI is InChI=1S/C18H28O4/c1-2-7-15(19)12-10-14-11-13-17(20)16(14)8-5-3-4-6-9-18(21)22/h10,12,14-17,19-20H,2,4,6-9,11,13H2,1H3,(H,21,22)/b12-10+. The highest BCUT2D eigenvalue weighted by atomic mass is 16.4. The fourth-order valence-electron chi connectivity index (χ4n) is 2.87. The molecular formula is C18H28O4. The van der Waals surface area contributed by atoms with Crippen molar-refractivity contribution in [1.82, 2.24) is 0 Å². The summed E-state index contributed by atoms with van der Waals surface area (Å²) in [4.78, 5) is 10.4. The van der Waals surface area contributed by atoms with Crippen LogP contribution in [0.3, 0.4) is 0 Å². The fraction of sp³-hybridized carbons (Fsp3) is 0.722. The molecule has 4 nitrogen and oxygen atoms in total. The first kappa shape index (κ1) is 18.7. The van der Waals surface area contributed by atoms with Crippen molar-refractivity contribution in [2.24, 2.45) is 11.8 Å². The Bertz CT molecular complexity index is 419. The van der Waals surface area contributed by atoms with Crippen LogP contribution in [0.2, 0.25) is 0 Å². The van der Waals surface area contributed by atoms with Crippen molar-refractivity contribution in [2.75, 3.05) is 0 Å². The van der Waals surface area contributed by atoms with Crippen LogP contribution in [0.5, 0.6) is 0 Å². The third-order valence-corrected chi connectivity index (χ3v) is 4.16. The fourth-order valence-corrected chi connectivity index (χ4v) is 2.87. The number of aliphatic hydroxyl groups excluding tert-OH is 2. The predicted octanol–water partition coefficient (Wildman–Crippen LogP) is 2.74. The van der Waals surface area contributed by atoms with E-state index in [1.807, 2.05) is 19.1 Å². The first-order chi connectivity index (χ1) is 10.5. The third kappa shape index (κ3) is 7.11. The first-order valence-corrected chi connectivity index (χ1v) is 8.26. The molecule has 0 aliphatic heterocycles. The number of allylic oxidation sites excluding steroid dienone is 1. The number of aliphatic hydroxyl groups is 2. The molecular weight excluding hydrogens is 280 g/mol. The Kier molecular flexibility index (Phi) is 8.88. The molecule has 22 heavy (non-hydrogen) atoms. The largest absolute Gasteiger partial charge is 0.481 e. The number of aliphatic carboxylic acids is 1. The molecule has 3 N–H and O–H groups in total. The van der Waals surface area contributed by atoms with Crippen LogP contribution in [-0.4, -0.2) is 33.5 Å². The van der Waals surface area contributed by atoms with Gasteiger partial charge in [0.15, 0.2) is 0 Å². The molecule has 1 aliphatic rings. The third-order valence-electron chi connectivity index (χ3n) is 4.16. The normalized spacial score (nSPS) is 25.9. The van der Waals surface area contributed by atoms with Crippen molar-refractivity contribution in [3.8, 4) is 11.8 Å². The number of carboxylic acids is 1. The molecule has 0 radical (unpaired) electrons. The lowest BCUT2D eigenvalue weighted by molar-refractivity contribution is -0.137. The topological polar surface area (TPSA) is 77.8 Å². The molecule has 1 rings (SSSR count). The van der Waals surface area contributed by atoms with Crippen molar-refractivity contribution in [2.45, 2.75) is 70.5 Å². The van der Waals surface area contributed by atoms with Crippen LogP contribution in [-0.2, 0) is 4.79 Å². The Morgan fingerprint density at radius 1 is 1.36 bits per heavy atom. The number of carbonyl (C=O) groups is 1. The van der Waals surface area contributed by atoms with Crippen LogP contribution in [0.15, 0.2) is 12.2 Å². The van der Waals surface area contributed by atoms with Crippen molar-refractivity contribution in [1.29, 1.82) is 0 Å². The number of carboxylic acid groups (broad SMARTS) is 1. The van der Waals surface area contributed by atoms with Gasteiger partial charge in [0.05, 0.1) is 12.2 Å². The monoisotopic (exact) mass is 308 g/mol. The Hall–Kier alpha value is -1.31. The number of rotatable bonds is 8. The minimum Gasteiger partial charge on any atom is -0.481 e. The van der Waals surface area contributed by atoms with E-state index < -0.39 is 12.1 Å². The first-order valence-electron chi connectivity index (χ1n) is 8.26. The average molecular weight is 308 g/mol. The molecule has 1 fully saturated rings. The van der Waals surface area contributed by atoms with Crippen LogP contribution in [0.1, 0.15) is 58.3 Å². The Labute approximate surface area is 133 Å². The molecule has 0 amide bonds. The highest BCUT2D eigenvalue weighted by Gasteiger charge is 2.32. The zero-order valence-electron chi connectivity index (χ0n) is 13.4. The molecule has 0 heterocycles. The van der Waals surface area contributed by atoms with Crippen molar-refractivity contribution in [3.63, 3.8) is 0 Å². The number of hydrogen-bond acceptors (Lipinski definition) is 3. The van der Waals surface area contributed by atoms with Crippen molar-refractivity contribution in [3.05, 3.63) is 12.2 Å². The lowest BCUT2D eigenvalue weighted by atomic mass is 9.91. The zero-order valence-corrected chi connectivity index (χ0v) is 13.4. The highest BCUT2D eigenvalue weighted by molar-refractivity contribution is 5.66. The van der Waals surface area contributed by atoms with Gasteiger partial charge in [-0.15, -0.1) is 11.8 Å². The molecule has 0 spiro atoms. The van der Waals surface area contributed by atoms with Crippen LogP contribution < -0.4 is 0 Å². The summed E-state index contributed by atoms with van der Waals surface area (Å²) in [5.74, 6) is 5.68. The molecule has 4 heteroatoms. The molecule has 0 aromatic rings. The second kappa shape index (κ2) is 10.4. The summed E-state index contributed by atoms with van der Waals surface area (Å²) in [6.45, 7) is 2.04. The molecule has 124 valence electrons. The van der Waals surface area contributed by atoms with Gasteiger partial charge in [-0.1, -0.05) is 25.5 Å².